The van der Waals surface area contributed by atoms with Crippen LogP contribution in [0.2, 0.25) is 0 Å². The fraction of sp³-hybridized carbons (Fsp3) is 0.217. The Balaban J connectivity index is 1.32. The van der Waals surface area contributed by atoms with Crippen LogP contribution in [0, 0.1) is 12.7 Å². The molecule has 0 radical (unpaired) electrons. The van der Waals surface area contributed by atoms with Crippen molar-refractivity contribution in [1.29, 1.82) is 0 Å². The first-order chi connectivity index (χ1) is 15.0. The fourth-order valence-electron chi connectivity index (χ4n) is 3.14. The summed E-state index contributed by atoms with van der Waals surface area (Å²) in [6.07, 6.45) is 4.20. The van der Waals surface area contributed by atoms with Crippen LogP contribution >= 0.6 is 0 Å². The van der Waals surface area contributed by atoms with Crippen molar-refractivity contribution in [2.24, 2.45) is 0 Å². The predicted molar refractivity (Wildman–Crippen MR) is 113 cm³/mol. The fourth-order valence-corrected chi connectivity index (χ4v) is 3.14. The molecule has 0 aliphatic rings. The van der Waals surface area contributed by atoms with E-state index < -0.39 is 0 Å². The summed E-state index contributed by atoms with van der Waals surface area (Å²) < 4.78 is 20.8. The van der Waals surface area contributed by atoms with Gasteiger partial charge in [-0.25, -0.2) is 9.07 Å². The molecule has 2 aromatic heterocycles. The van der Waals surface area contributed by atoms with E-state index in [2.05, 4.69) is 15.2 Å². The molecule has 0 fully saturated rings. The quantitative estimate of drug-likeness (QED) is 0.453. The average Bonchev–Trinajstić information content (AvgIpc) is 3.44. The molecule has 8 heteroatoms. The molecule has 0 atom stereocenters. The maximum atomic E-state index is 13.7. The van der Waals surface area contributed by atoms with Crippen molar-refractivity contribution >= 4 is 5.91 Å². The van der Waals surface area contributed by atoms with Gasteiger partial charge in [0.15, 0.2) is 0 Å². The second-order valence-electron chi connectivity index (χ2n) is 7.35. The molecule has 2 heterocycles. The summed E-state index contributed by atoms with van der Waals surface area (Å²) in [7, 11) is 1.75. The Morgan fingerprint density at radius 3 is 2.77 bits per heavy atom. The molecule has 158 valence electrons. The van der Waals surface area contributed by atoms with Gasteiger partial charge < -0.3 is 9.42 Å². The van der Waals surface area contributed by atoms with Crippen molar-refractivity contribution < 1.29 is 13.7 Å². The van der Waals surface area contributed by atoms with Crippen LogP contribution in [0.25, 0.3) is 17.1 Å². The van der Waals surface area contributed by atoms with Crippen LogP contribution in [0.1, 0.15) is 23.4 Å². The standard InChI is InChI=1S/C23H22FN5O2/c1-16-8-9-18(12-20(16)24)23-26-21(31-27-23)10-11-22(30)28(2)14-17-13-25-29(15-17)19-6-4-3-5-7-19/h3-9,12-13,15H,10-11,14H2,1-2H3. The van der Waals surface area contributed by atoms with Crippen LogP contribution in [0.3, 0.4) is 0 Å². The number of benzene rings is 2. The molecule has 31 heavy (non-hydrogen) atoms. The molecule has 0 unspecified atom stereocenters. The lowest BCUT2D eigenvalue weighted by atomic mass is 10.1. The van der Waals surface area contributed by atoms with Crippen molar-refractivity contribution in [2.75, 3.05) is 7.05 Å². The van der Waals surface area contributed by atoms with E-state index in [4.69, 9.17) is 4.52 Å². The Bertz CT molecular complexity index is 1190. The zero-order valence-electron chi connectivity index (χ0n) is 17.3. The normalized spacial score (nSPS) is 10.9. The highest BCUT2D eigenvalue weighted by atomic mass is 19.1. The number of amides is 1. The van der Waals surface area contributed by atoms with Gasteiger partial charge in [0.1, 0.15) is 5.82 Å². The van der Waals surface area contributed by atoms with Crippen molar-refractivity contribution in [3.63, 3.8) is 0 Å². The lowest BCUT2D eigenvalue weighted by Crippen LogP contribution is -2.26. The maximum absolute atomic E-state index is 13.7. The van der Waals surface area contributed by atoms with E-state index in [0.29, 0.717) is 35.8 Å². The van der Waals surface area contributed by atoms with Crippen LogP contribution in [-0.2, 0) is 17.8 Å². The summed E-state index contributed by atoms with van der Waals surface area (Å²) in [5.41, 5.74) is 2.98. The first kappa shape index (κ1) is 20.5. The van der Waals surface area contributed by atoms with Gasteiger partial charge in [0.2, 0.25) is 17.6 Å². The van der Waals surface area contributed by atoms with E-state index in [1.165, 1.54) is 6.07 Å². The van der Waals surface area contributed by atoms with Gasteiger partial charge in [0, 0.05) is 43.8 Å². The summed E-state index contributed by atoms with van der Waals surface area (Å²) in [6.45, 7) is 2.14. The molecule has 2 aromatic carbocycles. The van der Waals surface area contributed by atoms with E-state index >= 15 is 0 Å². The van der Waals surface area contributed by atoms with Crippen LogP contribution < -0.4 is 0 Å². The van der Waals surface area contributed by atoms with E-state index in [9.17, 15) is 9.18 Å². The molecule has 0 aliphatic carbocycles. The number of hydrogen-bond acceptors (Lipinski definition) is 5. The SMILES string of the molecule is Cc1ccc(-c2noc(CCC(=O)N(C)Cc3cnn(-c4ccccc4)c3)n2)cc1F. The number of para-hydroxylation sites is 1. The first-order valence-corrected chi connectivity index (χ1v) is 9.91. The Morgan fingerprint density at radius 2 is 2.00 bits per heavy atom. The molecular formula is C23H22FN5O2. The van der Waals surface area contributed by atoms with E-state index in [1.807, 2.05) is 36.5 Å². The van der Waals surface area contributed by atoms with Gasteiger partial charge in [-0.3, -0.25) is 4.79 Å². The van der Waals surface area contributed by atoms with Crippen LogP contribution in [0.15, 0.2) is 65.4 Å². The molecule has 0 saturated carbocycles. The highest BCUT2D eigenvalue weighted by Gasteiger charge is 2.15. The highest BCUT2D eigenvalue weighted by molar-refractivity contribution is 5.76. The minimum atomic E-state index is -0.323. The monoisotopic (exact) mass is 419 g/mol. The van der Waals surface area contributed by atoms with E-state index in [-0.39, 0.29) is 18.1 Å². The summed E-state index contributed by atoms with van der Waals surface area (Å²) in [4.78, 5) is 18.4. The van der Waals surface area contributed by atoms with E-state index in [0.717, 1.165) is 11.3 Å². The summed E-state index contributed by atoms with van der Waals surface area (Å²) in [6, 6.07) is 14.6. The Labute approximate surface area is 179 Å². The van der Waals surface area contributed by atoms with Crippen molar-refractivity contribution in [1.82, 2.24) is 24.8 Å². The summed E-state index contributed by atoms with van der Waals surface area (Å²) in [5.74, 6) is 0.280. The Morgan fingerprint density at radius 1 is 1.19 bits per heavy atom. The molecule has 4 rings (SSSR count). The second kappa shape index (κ2) is 8.91. The van der Waals surface area contributed by atoms with Gasteiger partial charge in [-0.15, -0.1) is 0 Å². The smallest absolute Gasteiger partial charge is 0.227 e. The number of hydrogen-bond donors (Lipinski definition) is 0. The third kappa shape index (κ3) is 4.85. The van der Waals surface area contributed by atoms with Gasteiger partial charge in [-0.2, -0.15) is 10.1 Å². The van der Waals surface area contributed by atoms with Gasteiger partial charge in [0.05, 0.1) is 11.9 Å². The predicted octanol–water partition coefficient (Wildman–Crippen LogP) is 3.96. The molecule has 0 aliphatic heterocycles. The Hall–Kier alpha value is -3.81. The average molecular weight is 419 g/mol. The number of carbonyl (C=O) groups excluding carboxylic acids is 1. The van der Waals surface area contributed by atoms with Crippen molar-refractivity contribution in [3.8, 4) is 17.1 Å². The molecule has 0 N–H and O–H groups in total. The minimum Gasteiger partial charge on any atom is -0.341 e. The van der Waals surface area contributed by atoms with Crippen LogP contribution in [-0.4, -0.2) is 37.8 Å². The van der Waals surface area contributed by atoms with E-state index in [1.54, 1.807) is 41.9 Å². The molecule has 0 saturated heterocycles. The second-order valence-corrected chi connectivity index (χ2v) is 7.35. The lowest BCUT2D eigenvalue weighted by molar-refractivity contribution is -0.130. The Kier molecular flexibility index (Phi) is 5.88. The number of carbonyl (C=O) groups is 1. The number of rotatable bonds is 7. The van der Waals surface area contributed by atoms with Gasteiger partial charge in [-0.1, -0.05) is 35.5 Å². The molecule has 4 aromatic rings. The van der Waals surface area contributed by atoms with Crippen molar-refractivity contribution in [2.45, 2.75) is 26.3 Å². The first-order valence-electron chi connectivity index (χ1n) is 9.91. The van der Waals surface area contributed by atoms with Gasteiger partial charge >= 0.3 is 0 Å². The zero-order valence-corrected chi connectivity index (χ0v) is 17.3. The molecular weight excluding hydrogens is 397 g/mol. The minimum absolute atomic E-state index is 0.0476. The number of aryl methyl sites for hydroxylation is 2. The topological polar surface area (TPSA) is 77.0 Å². The number of nitrogens with zero attached hydrogens (tertiary/aromatic N) is 5. The van der Waals surface area contributed by atoms with Crippen LogP contribution in [0.5, 0.6) is 0 Å². The molecule has 7 nitrogen and oxygen atoms in total. The van der Waals surface area contributed by atoms with Gasteiger partial charge in [-0.05, 0) is 30.7 Å². The largest absolute Gasteiger partial charge is 0.341 e. The number of aromatic nitrogens is 4. The zero-order chi connectivity index (χ0) is 21.8. The van der Waals surface area contributed by atoms with Gasteiger partial charge in [0.25, 0.3) is 0 Å². The molecule has 0 spiro atoms. The van der Waals surface area contributed by atoms with Crippen LogP contribution in [0.4, 0.5) is 4.39 Å². The van der Waals surface area contributed by atoms with Crippen molar-refractivity contribution in [3.05, 3.63) is 83.8 Å². The number of halogens is 1. The molecule has 1 amide bonds. The molecule has 0 bridgehead atoms. The highest BCUT2D eigenvalue weighted by Crippen LogP contribution is 2.19. The maximum Gasteiger partial charge on any atom is 0.227 e. The summed E-state index contributed by atoms with van der Waals surface area (Å²) in [5, 5.41) is 8.24. The third-order valence-corrected chi connectivity index (χ3v) is 4.95. The summed E-state index contributed by atoms with van der Waals surface area (Å²) >= 11 is 0. The third-order valence-electron chi connectivity index (χ3n) is 4.95. The lowest BCUT2D eigenvalue weighted by Gasteiger charge is -2.15.